The van der Waals surface area contributed by atoms with E-state index >= 15 is 0 Å². The Hall–Kier alpha value is 2.33. The molecule has 24 nitrogen and oxygen atoms in total. The molecule has 4 rings (SSSR count). The molecule has 2 radical (unpaired) electrons. The Morgan fingerprint density at radius 2 is 0.926 bits per heavy atom. The first-order chi connectivity index (χ1) is 23.9. The summed E-state index contributed by atoms with van der Waals surface area (Å²) in [7, 11) is -19.0. The number of hydrogen-bond acceptors (Lipinski definition) is 18. The van der Waals surface area contributed by atoms with E-state index in [1.807, 2.05) is 0 Å². The molecule has 4 fully saturated rings. The van der Waals surface area contributed by atoms with Crippen LogP contribution in [0.2, 0.25) is 0 Å². The average Bonchev–Trinajstić information content (AvgIpc) is 3.71. The molecule has 0 aromatic carbocycles. The maximum Gasteiger partial charge on any atom is 0.472 e. The normalized spacial score (nSPS) is 39.1. The Balaban J connectivity index is 0.000000521. The van der Waals surface area contributed by atoms with Gasteiger partial charge in [-0.15, -0.1) is 0 Å². The minimum atomic E-state index is -4.86. The second-order valence-electron chi connectivity index (χ2n) is 11.9. The van der Waals surface area contributed by atoms with Gasteiger partial charge in [0.2, 0.25) is 0 Å². The Bertz CT molecular complexity index is 1340. The Kier molecular flexibility index (Phi) is 23.1. The summed E-state index contributed by atoms with van der Waals surface area (Å²) >= 11 is 0. The molecule has 0 aromatic heterocycles. The molecule has 30 heteroatoms. The Labute approximate surface area is 360 Å². The van der Waals surface area contributed by atoms with Crippen molar-refractivity contribution >= 4 is 31.3 Å². The summed E-state index contributed by atoms with van der Waals surface area (Å²) in [6, 6.07) is 0. The van der Waals surface area contributed by atoms with Crippen LogP contribution in [0.4, 0.5) is 0 Å². The zero-order chi connectivity index (χ0) is 39.4. The first-order valence-corrected chi connectivity index (χ1v) is 21.7. The largest absolute Gasteiger partial charge is 0.544 e. The molecular formula is C24H46O24P4Y2-2. The average molecular weight is 1020 g/mol. The van der Waals surface area contributed by atoms with Gasteiger partial charge in [-0.3, -0.25) is 18.1 Å². The van der Waals surface area contributed by atoms with E-state index in [-0.39, 0.29) is 65.4 Å². The second kappa shape index (κ2) is 23.0. The first kappa shape index (κ1) is 54.3. The fourth-order valence-corrected chi connectivity index (χ4v) is 8.31. The van der Waals surface area contributed by atoms with Gasteiger partial charge in [-0.05, 0) is 38.9 Å². The maximum atomic E-state index is 12.1. The number of rotatable bonds is 16. The maximum absolute atomic E-state index is 12.1. The van der Waals surface area contributed by atoms with Gasteiger partial charge in [-0.2, -0.15) is 13.2 Å². The fourth-order valence-electron chi connectivity index (χ4n) is 5.36. The predicted molar refractivity (Wildman–Crippen MR) is 167 cm³/mol. The summed E-state index contributed by atoms with van der Waals surface area (Å²) in [4.78, 5) is 54.5. The third-order valence-corrected chi connectivity index (χ3v) is 11.0. The SMILES string of the molecule is CCC1OC(C)C(O)C1OP(=O)(O)OCC1O[CH-]C(OP(=O)(O)O)C1O.CCC1OC(C)C(OP(=O)(O)OCC2O[CH-]C(OP(=O)(O)O)C2O)C1O.[Y].[Y]. The number of aliphatic hydroxyl groups excluding tert-OH is 4. The van der Waals surface area contributed by atoms with Crippen molar-refractivity contribution in [3.63, 3.8) is 0 Å². The molecule has 4 aliphatic rings. The van der Waals surface area contributed by atoms with Crippen molar-refractivity contribution in [3.05, 3.63) is 13.2 Å². The summed E-state index contributed by atoms with van der Waals surface area (Å²) in [6.45, 7) is 7.17. The van der Waals surface area contributed by atoms with Crippen LogP contribution in [-0.2, 0) is 130 Å². The van der Waals surface area contributed by atoms with Gasteiger partial charge < -0.3 is 77.8 Å². The van der Waals surface area contributed by atoms with Gasteiger partial charge in [-0.25, -0.2) is 18.3 Å². The van der Waals surface area contributed by atoms with Gasteiger partial charge in [0.25, 0.3) is 0 Å². The van der Waals surface area contributed by atoms with Crippen molar-refractivity contribution in [3.8, 4) is 0 Å². The van der Waals surface area contributed by atoms with Gasteiger partial charge in [0.1, 0.15) is 24.4 Å². The van der Waals surface area contributed by atoms with Gasteiger partial charge in [0.15, 0.2) is 0 Å². The standard InChI is InChI=1S/2C12H23O12P2.2Y/c1-3-7-11(14)12(6(2)22-7)24-26(18,19)21-5-8-10(13)9(4-20-8)23-25(15,16)17;1-3-7-12(10(13)6(2)22-7)24-26(18,19)21-5-8-11(14)9(4-20-8)23-25(15,16)17;;/h2*4,6-14H,3,5H2,1-2H3,(H,18,19)(H2,15,16,17);;/q2*-1;;. The Morgan fingerprint density at radius 1 is 0.537 bits per heavy atom. The summed E-state index contributed by atoms with van der Waals surface area (Å²) in [5, 5.41) is 39.8. The van der Waals surface area contributed by atoms with Gasteiger partial charge >= 0.3 is 31.3 Å². The van der Waals surface area contributed by atoms with E-state index in [1.165, 1.54) is 0 Å². The smallest absolute Gasteiger partial charge is 0.472 e. The molecule has 4 saturated heterocycles. The third kappa shape index (κ3) is 16.7. The van der Waals surface area contributed by atoms with Gasteiger partial charge in [0, 0.05) is 65.4 Å². The Morgan fingerprint density at radius 3 is 1.30 bits per heavy atom. The molecule has 0 aromatic rings. The molecular weight excluding hydrogens is 974 g/mol. The number of phosphoric acid groups is 4. The molecule has 0 bridgehead atoms. The number of ether oxygens (including phenoxy) is 4. The molecule has 10 N–H and O–H groups in total. The summed E-state index contributed by atoms with van der Waals surface area (Å²) in [6.07, 6.45) is -14.1. The fraction of sp³-hybridized carbons (Fsp3) is 0.917. The minimum Gasteiger partial charge on any atom is -0.544 e. The monoisotopic (exact) mass is 1020 g/mol. The van der Waals surface area contributed by atoms with E-state index in [2.05, 4.69) is 9.05 Å². The molecule has 54 heavy (non-hydrogen) atoms. The van der Waals surface area contributed by atoms with Crippen LogP contribution < -0.4 is 0 Å². The molecule has 4 aliphatic heterocycles. The molecule has 314 valence electrons. The van der Waals surface area contributed by atoms with Crippen molar-refractivity contribution in [2.75, 3.05) is 13.2 Å². The van der Waals surface area contributed by atoms with Crippen LogP contribution in [0.15, 0.2) is 0 Å². The van der Waals surface area contributed by atoms with E-state index in [1.54, 1.807) is 27.7 Å². The van der Waals surface area contributed by atoms with E-state index in [4.69, 9.17) is 56.6 Å². The second-order valence-corrected chi connectivity index (χ2v) is 17.1. The van der Waals surface area contributed by atoms with Crippen molar-refractivity contribution in [1.82, 2.24) is 0 Å². The quantitative estimate of drug-likeness (QED) is 0.0647. The third-order valence-electron chi connectivity index (χ3n) is 7.99. The first-order valence-electron chi connectivity index (χ1n) is 15.7. The number of aliphatic hydroxyl groups is 4. The summed E-state index contributed by atoms with van der Waals surface area (Å²) < 4.78 is 94.5. The van der Waals surface area contributed by atoms with Gasteiger partial charge in [-0.1, -0.05) is 13.8 Å². The van der Waals surface area contributed by atoms with E-state index in [9.17, 15) is 48.5 Å². The van der Waals surface area contributed by atoms with Crippen molar-refractivity contribution in [2.24, 2.45) is 0 Å². The zero-order valence-electron chi connectivity index (χ0n) is 29.2. The van der Waals surface area contributed by atoms with Crippen LogP contribution in [0.25, 0.3) is 0 Å². The molecule has 0 saturated carbocycles. The number of phosphoric ester groups is 4. The summed E-state index contributed by atoms with van der Waals surface area (Å²) in [5.41, 5.74) is 0. The van der Waals surface area contributed by atoms with Crippen LogP contribution >= 0.6 is 31.3 Å². The topological polar surface area (TPSA) is 363 Å². The predicted octanol–water partition coefficient (Wildman–Crippen LogP) is -1.11. The van der Waals surface area contributed by atoms with Crippen LogP contribution in [0.3, 0.4) is 0 Å². The molecule has 4 heterocycles. The van der Waals surface area contributed by atoms with Crippen LogP contribution in [0.5, 0.6) is 0 Å². The zero-order valence-corrected chi connectivity index (χ0v) is 38.5. The van der Waals surface area contributed by atoms with E-state index in [0.29, 0.717) is 12.8 Å². The van der Waals surface area contributed by atoms with Crippen molar-refractivity contribution in [1.29, 1.82) is 0 Å². The van der Waals surface area contributed by atoms with Crippen LogP contribution in [-0.4, -0.2) is 148 Å². The summed E-state index contributed by atoms with van der Waals surface area (Å²) in [5.74, 6) is 0. The minimum absolute atomic E-state index is 0. The number of hydrogen-bond donors (Lipinski definition) is 10. The van der Waals surface area contributed by atoms with Crippen molar-refractivity contribution < 1.29 is 180 Å². The van der Waals surface area contributed by atoms with Crippen molar-refractivity contribution in [2.45, 2.75) is 126 Å². The molecule has 16 unspecified atom stereocenters. The molecule has 0 amide bonds. The van der Waals surface area contributed by atoms with Crippen LogP contribution in [0, 0.1) is 13.2 Å². The van der Waals surface area contributed by atoms with Crippen LogP contribution in [0.1, 0.15) is 40.5 Å². The molecule has 16 atom stereocenters. The molecule has 0 aliphatic carbocycles. The van der Waals surface area contributed by atoms with Gasteiger partial charge in [0.05, 0.1) is 62.0 Å². The van der Waals surface area contributed by atoms with E-state index < -0.39 is 130 Å². The molecule has 0 spiro atoms. The van der Waals surface area contributed by atoms with E-state index in [0.717, 1.165) is 13.2 Å².